The molecule has 0 aliphatic heterocycles. The van der Waals surface area contributed by atoms with Crippen molar-refractivity contribution in [3.8, 4) is 5.40 Å². The molecule has 6 heteroatoms. The van der Waals surface area contributed by atoms with Crippen LogP contribution in [-0.4, -0.2) is 34.0 Å². The van der Waals surface area contributed by atoms with Gasteiger partial charge in [-0.2, -0.15) is 5.26 Å². The number of hydrogen-bond donors (Lipinski definition) is 0. The van der Waals surface area contributed by atoms with Crippen molar-refractivity contribution in [1.82, 2.24) is 0 Å². The molecule has 0 fully saturated rings. The zero-order valence-electron chi connectivity index (χ0n) is 8.91. The molecule has 0 aromatic rings. The van der Waals surface area contributed by atoms with Crippen molar-refractivity contribution in [2.24, 2.45) is 0 Å². The molecular formula is C8H17NO3SSi. The lowest BCUT2D eigenvalue weighted by atomic mass is 10.9. The van der Waals surface area contributed by atoms with Crippen molar-refractivity contribution in [3.63, 3.8) is 0 Å². The van der Waals surface area contributed by atoms with Gasteiger partial charge < -0.3 is 13.3 Å². The summed E-state index contributed by atoms with van der Waals surface area (Å²) in [5.74, 6) is 0. The summed E-state index contributed by atoms with van der Waals surface area (Å²) in [6, 6.07) is 0. The maximum absolute atomic E-state index is 8.50. The number of thioether (sulfide) groups is 1. The van der Waals surface area contributed by atoms with E-state index in [1.165, 1.54) is 0 Å². The fourth-order valence-corrected chi connectivity index (χ4v) is 4.57. The Morgan fingerprint density at radius 1 is 1.07 bits per heavy atom. The van der Waals surface area contributed by atoms with Crippen molar-refractivity contribution < 1.29 is 13.3 Å². The average molecular weight is 235 g/mol. The second-order valence-electron chi connectivity index (χ2n) is 2.36. The fourth-order valence-electron chi connectivity index (χ4n) is 1.03. The minimum Gasteiger partial charge on any atom is -0.373 e. The highest BCUT2D eigenvalue weighted by molar-refractivity contribution is 8.05. The molecule has 0 bridgehead atoms. The zero-order chi connectivity index (χ0) is 10.9. The molecule has 0 unspecified atom stereocenters. The van der Waals surface area contributed by atoms with Crippen LogP contribution in [0.15, 0.2) is 0 Å². The lowest BCUT2D eigenvalue weighted by Gasteiger charge is -2.26. The molecule has 0 radical (unpaired) electrons. The number of thiocyanates is 1. The van der Waals surface area contributed by atoms with Crippen LogP contribution in [0.4, 0.5) is 0 Å². The van der Waals surface area contributed by atoms with Crippen LogP contribution in [0.3, 0.4) is 0 Å². The topological polar surface area (TPSA) is 51.5 Å². The summed E-state index contributed by atoms with van der Waals surface area (Å²) in [4.78, 5) is 0. The molecular weight excluding hydrogens is 218 g/mol. The highest BCUT2D eigenvalue weighted by atomic mass is 32.2. The van der Waals surface area contributed by atoms with E-state index in [1.807, 2.05) is 26.2 Å². The monoisotopic (exact) mass is 235 g/mol. The van der Waals surface area contributed by atoms with E-state index >= 15 is 0 Å². The van der Waals surface area contributed by atoms with E-state index in [-0.39, 0.29) is 0 Å². The van der Waals surface area contributed by atoms with Crippen LogP contribution < -0.4 is 0 Å². The van der Waals surface area contributed by atoms with Gasteiger partial charge in [0.15, 0.2) is 0 Å². The first kappa shape index (κ1) is 13.9. The fraction of sp³-hybridized carbons (Fsp3) is 0.875. The van der Waals surface area contributed by atoms with Crippen LogP contribution in [0.25, 0.3) is 0 Å². The Balaban J connectivity index is 4.30. The Labute approximate surface area is 90.9 Å². The summed E-state index contributed by atoms with van der Waals surface area (Å²) in [6.45, 7) is 7.36. The zero-order valence-corrected chi connectivity index (χ0v) is 10.7. The second kappa shape index (κ2) is 8.26. The molecule has 0 atom stereocenters. The van der Waals surface area contributed by atoms with Crippen LogP contribution >= 0.6 is 11.8 Å². The quantitative estimate of drug-likeness (QED) is 0.474. The van der Waals surface area contributed by atoms with E-state index in [0.717, 1.165) is 11.8 Å². The van der Waals surface area contributed by atoms with Crippen molar-refractivity contribution in [2.45, 2.75) is 20.8 Å². The van der Waals surface area contributed by atoms with Crippen LogP contribution in [0, 0.1) is 10.7 Å². The molecule has 0 aromatic carbocycles. The Hall–Kier alpha value is -0.0631. The number of nitrogens with zero attached hydrogens (tertiary/aromatic N) is 1. The van der Waals surface area contributed by atoms with Crippen LogP contribution in [0.2, 0.25) is 0 Å². The first-order valence-electron chi connectivity index (χ1n) is 4.67. The third kappa shape index (κ3) is 4.98. The Bertz CT molecular complexity index is 169. The van der Waals surface area contributed by atoms with Gasteiger partial charge in [-0.25, -0.2) is 0 Å². The standard InChI is InChI=1S/C8H17NO3SSi/c1-4-10-14(11-5-2,12-6-3)8-13-7-9/h4-6,8H2,1-3H3. The third-order valence-electron chi connectivity index (χ3n) is 1.41. The van der Waals surface area contributed by atoms with E-state index in [0.29, 0.717) is 25.2 Å². The van der Waals surface area contributed by atoms with Gasteiger partial charge in [-0.05, 0) is 32.5 Å². The van der Waals surface area contributed by atoms with Crippen molar-refractivity contribution in [1.29, 1.82) is 5.26 Å². The summed E-state index contributed by atoms with van der Waals surface area (Å²) < 4.78 is 16.6. The predicted molar refractivity (Wildman–Crippen MR) is 58.7 cm³/mol. The first-order valence-corrected chi connectivity index (χ1v) is 7.59. The van der Waals surface area contributed by atoms with Gasteiger partial charge >= 0.3 is 8.80 Å². The van der Waals surface area contributed by atoms with E-state index in [9.17, 15) is 0 Å². The van der Waals surface area contributed by atoms with Gasteiger partial charge in [-0.15, -0.1) is 0 Å². The molecule has 0 saturated heterocycles. The largest absolute Gasteiger partial charge is 0.512 e. The van der Waals surface area contributed by atoms with Crippen LogP contribution in [0.5, 0.6) is 0 Å². The minimum atomic E-state index is -2.58. The van der Waals surface area contributed by atoms with Crippen molar-refractivity contribution in [2.75, 3.05) is 25.2 Å². The second-order valence-corrected chi connectivity index (χ2v) is 6.22. The lowest BCUT2D eigenvalue weighted by Crippen LogP contribution is -2.49. The van der Waals surface area contributed by atoms with Crippen molar-refractivity contribution in [3.05, 3.63) is 0 Å². The van der Waals surface area contributed by atoms with Crippen molar-refractivity contribution >= 4 is 20.6 Å². The van der Waals surface area contributed by atoms with Gasteiger partial charge in [0.05, 0.1) is 5.38 Å². The molecule has 82 valence electrons. The highest BCUT2D eigenvalue weighted by Gasteiger charge is 2.40. The van der Waals surface area contributed by atoms with Gasteiger partial charge in [0.25, 0.3) is 0 Å². The molecule has 0 spiro atoms. The third-order valence-corrected chi connectivity index (χ3v) is 5.71. The molecule has 4 nitrogen and oxygen atoms in total. The molecule has 14 heavy (non-hydrogen) atoms. The molecule has 0 aromatic heterocycles. The summed E-state index contributed by atoms with van der Waals surface area (Å²) in [5.41, 5.74) is 0. The minimum absolute atomic E-state index is 0.499. The highest BCUT2D eigenvalue weighted by Crippen LogP contribution is 2.16. The number of nitriles is 1. The molecule has 0 aliphatic rings. The predicted octanol–water partition coefficient (Wildman–Crippen LogP) is 1.79. The molecule has 0 N–H and O–H groups in total. The van der Waals surface area contributed by atoms with Gasteiger partial charge in [-0.3, -0.25) is 0 Å². The first-order chi connectivity index (χ1) is 6.74. The van der Waals surface area contributed by atoms with E-state index < -0.39 is 8.80 Å². The summed E-state index contributed by atoms with van der Waals surface area (Å²) >= 11 is 1.13. The Kier molecular flexibility index (Phi) is 8.22. The van der Waals surface area contributed by atoms with Gasteiger partial charge in [0.2, 0.25) is 0 Å². The Morgan fingerprint density at radius 3 is 1.79 bits per heavy atom. The summed E-state index contributed by atoms with van der Waals surface area (Å²) in [6.07, 6.45) is 0. The Morgan fingerprint density at radius 2 is 1.50 bits per heavy atom. The van der Waals surface area contributed by atoms with Crippen LogP contribution in [-0.2, 0) is 13.3 Å². The molecule has 0 saturated carbocycles. The number of hydrogen-bond acceptors (Lipinski definition) is 5. The maximum atomic E-state index is 8.50. The molecule has 0 rings (SSSR count). The SMILES string of the molecule is CCO[Si](CSC#N)(OCC)OCC. The average Bonchev–Trinajstić information content (AvgIpc) is 2.16. The summed E-state index contributed by atoms with van der Waals surface area (Å²) in [5, 5.41) is 11.0. The van der Waals surface area contributed by atoms with Gasteiger partial charge in [0.1, 0.15) is 5.40 Å². The maximum Gasteiger partial charge on any atom is 0.512 e. The molecule has 0 heterocycles. The lowest BCUT2D eigenvalue weighted by molar-refractivity contribution is 0.0773. The van der Waals surface area contributed by atoms with Gasteiger partial charge in [0, 0.05) is 19.8 Å². The molecule has 0 amide bonds. The van der Waals surface area contributed by atoms with E-state index in [1.54, 1.807) is 0 Å². The van der Waals surface area contributed by atoms with Crippen LogP contribution in [0.1, 0.15) is 20.8 Å². The number of rotatable bonds is 8. The molecule has 0 aliphatic carbocycles. The normalized spacial score (nSPS) is 11.3. The smallest absolute Gasteiger partial charge is 0.373 e. The summed E-state index contributed by atoms with van der Waals surface area (Å²) in [7, 11) is -2.58. The van der Waals surface area contributed by atoms with E-state index in [4.69, 9.17) is 18.5 Å². The van der Waals surface area contributed by atoms with Gasteiger partial charge in [-0.1, -0.05) is 0 Å². The van der Waals surface area contributed by atoms with E-state index in [2.05, 4.69) is 0 Å².